The van der Waals surface area contributed by atoms with E-state index in [-0.39, 0.29) is 30.4 Å². The number of nitrogen functional groups attached to an aromatic ring is 1. The zero-order valence-electron chi connectivity index (χ0n) is 24.7. The Bertz CT molecular complexity index is 1680. The first-order valence-corrected chi connectivity index (χ1v) is 14.8. The van der Waals surface area contributed by atoms with Crippen LogP contribution in [0.25, 0.3) is 5.69 Å². The molecule has 44 heavy (non-hydrogen) atoms. The molecule has 12 heteroatoms. The average Bonchev–Trinajstić information content (AvgIpc) is 3.20. The van der Waals surface area contributed by atoms with Gasteiger partial charge in [-0.05, 0) is 54.7 Å². The van der Waals surface area contributed by atoms with Gasteiger partial charge in [0, 0.05) is 51.9 Å². The van der Waals surface area contributed by atoms with Crippen molar-refractivity contribution in [1.82, 2.24) is 24.6 Å². The van der Waals surface area contributed by atoms with Crippen molar-refractivity contribution in [3.8, 4) is 11.4 Å². The number of pyridine rings is 1. The smallest absolute Gasteiger partial charge is 0.308 e. The molecule has 2 N–H and O–H groups in total. The fourth-order valence-electron chi connectivity index (χ4n) is 6.36. The van der Waals surface area contributed by atoms with E-state index in [2.05, 4.69) is 11.6 Å². The van der Waals surface area contributed by atoms with Crippen LogP contribution in [0.1, 0.15) is 83.6 Å². The quantitative estimate of drug-likeness (QED) is 0.250. The molecular formula is C32H34F2N6O4. The minimum Gasteiger partial charge on any atom is -0.424 e. The Labute approximate surface area is 253 Å². The van der Waals surface area contributed by atoms with Crippen molar-refractivity contribution < 1.29 is 27.9 Å². The molecule has 2 aliphatic heterocycles. The first-order valence-electron chi connectivity index (χ1n) is 14.8. The molecule has 0 saturated heterocycles. The Kier molecular flexibility index (Phi) is 7.46. The molecule has 2 aromatic heterocycles. The van der Waals surface area contributed by atoms with E-state index in [1.807, 2.05) is 18.2 Å². The van der Waals surface area contributed by atoms with E-state index >= 15 is 0 Å². The Morgan fingerprint density at radius 3 is 2.55 bits per heavy atom. The van der Waals surface area contributed by atoms with Gasteiger partial charge >= 0.3 is 5.97 Å². The molecular weight excluding hydrogens is 570 g/mol. The lowest BCUT2D eigenvalue weighted by Crippen LogP contribution is -2.46. The summed E-state index contributed by atoms with van der Waals surface area (Å²) >= 11 is 0. The van der Waals surface area contributed by atoms with E-state index in [0.29, 0.717) is 49.4 Å². The summed E-state index contributed by atoms with van der Waals surface area (Å²) in [6, 6.07) is 7.67. The Morgan fingerprint density at radius 1 is 1.14 bits per heavy atom. The average molecular weight is 605 g/mol. The van der Waals surface area contributed by atoms with Gasteiger partial charge in [0.15, 0.2) is 5.75 Å². The number of hydrogen-bond donors (Lipinski definition) is 1. The summed E-state index contributed by atoms with van der Waals surface area (Å²) in [6.07, 6.45) is 5.43. The molecule has 230 valence electrons. The van der Waals surface area contributed by atoms with E-state index in [1.54, 1.807) is 14.5 Å². The zero-order valence-corrected chi connectivity index (χ0v) is 24.7. The number of rotatable bonds is 6. The highest BCUT2D eigenvalue weighted by molar-refractivity contribution is 5.99. The largest absolute Gasteiger partial charge is 0.424 e. The van der Waals surface area contributed by atoms with Crippen LogP contribution in [0.4, 0.5) is 14.6 Å². The highest BCUT2D eigenvalue weighted by atomic mass is 19.3. The van der Waals surface area contributed by atoms with E-state index in [4.69, 9.17) is 15.6 Å². The maximum Gasteiger partial charge on any atom is 0.308 e. The Hall–Kier alpha value is -4.61. The molecule has 4 heterocycles. The van der Waals surface area contributed by atoms with Gasteiger partial charge in [-0.2, -0.15) is 13.9 Å². The van der Waals surface area contributed by atoms with E-state index in [9.17, 15) is 23.2 Å². The lowest BCUT2D eigenvalue weighted by Gasteiger charge is -2.38. The topological polar surface area (TPSA) is 124 Å². The molecule has 0 bridgehead atoms. The number of esters is 1. The van der Waals surface area contributed by atoms with Crippen LogP contribution in [-0.4, -0.2) is 62.0 Å². The van der Waals surface area contributed by atoms with Crippen molar-refractivity contribution in [3.05, 3.63) is 76.8 Å². The number of nitrogens with zero attached hydrogens (tertiary/aromatic N) is 5. The fraction of sp³-hybridized carbons (Fsp3) is 0.406. The minimum absolute atomic E-state index is 0.00460. The number of ether oxygens (including phenoxy) is 1. The molecule has 0 spiro atoms. The second-order valence-electron chi connectivity index (χ2n) is 11.7. The normalized spacial score (nSPS) is 18.2. The first kappa shape index (κ1) is 29.5. The minimum atomic E-state index is -3.22. The van der Waals surface area contributed by atoms with Crippen LogP contribution in [0.5, 0.6) is 5.75 Å². The maximum absolute atomic E-state index is 14.0. The predicted octanol–water partition coefficient (Wildman–Crippen LogP) is 4.46. The van der Waals surface area contributed by atoms with E-state index < -0.39 is 29.5 Å². The van der Waals surface area contributed by atoms with Gasteiger partial charge in [0.05, 0.1) is 23.0 Å². The summed E-state index contributed by atoms with van der Waals surface area (Å²) in [5, 5.41) is 4.96. The number of anilines is 1. The molecule has 1 fully saturated rings. The van der Waals surface area contributed by atoms with Crippen LogP contribution in [0.3, 0.4) is 0 Å². The molecule has 10 nitrogen and oxygen atoms in total. The molecule has 6 rings (SSSR count). The summed E-state index contributed by atoms with van der Waals surface area (Å²) in [6.45, 7) is 6.48. The predicted molar refractivity (Wildman–Crippen MR) is 158 cm³/mol. The van der Waals surface area contributed by atoms with Crippen LogP contribution < -0.4 is 10.5 Å². The summed E-state index contributed by atoms with van der Waals surface area (Å²) in [5.41, 5.74) is 9.62. The maximum atomic E-state index is 14.0. The second-order valence-corrected chi connectivity index (χ2v) is 11.7. The molecule has 3 aromatic rings. The van der Waals surface area contributed by atoms with Crippen LogP contribution >= 0.6 is 0 Å². The standard InChI is InChI=1S/C32H34F2N6O4/c1-4-28(42)38-14-12-22-29-24(40(37-22)23-10-8-20(19-6-5-7-19)16-26(23)44-18(2)41)13-15-39(25(29)17-38)31(43)21-9-11-27(32(3,33)34)36-30(21)35/h4,8-11,16,19,25H,1,5-7,12-15,17H2,2-3H3,(H2,35,36)/t25-/m0/s1. The summed E-state index contributed by atoms with van der Waals surface area (Å²) in [5.74, 6) is -3.85. The third kappa shape index (κ3) is 5.22. The van der Waals surface area contributed by atoms with Crippen molar-refractivity contribution in [2.45, 2.75) is 63.8 Å². The van der Waals surface area contributed by atoms with Gasteiger partial charge in [-0.3, -0.25) is 14.4 Å². The lowest BCUT2D eigenvalue weighted by atomic mass is 9.80. The highest BCUT2D eigenvalue weighted by Gasteiger charge is 2.41. The van der Waals surface area contributed by atoms with Gasteiger partial charge < -0.3 is 20.3 Å². The SMILES string of the molecule is C=CC(=O)N1CCc2nn(-c3ccc(C4CCC4)cc3OC(C)=O)c3c2[C@H](C1)N(C(=O)c1ccc(C(C)(F)F)nc1N)CC3. The number of halogens is 2. The molecule has 1 atom stereocenters. The van der Waals surface area contributed by atoms with Crippen molar-refractivity contribution >= 4 is 23.6 Å². The van der Waals surface area contributed by atoms with Gasteiger partial charge in [0.1, 0.15) is 17.2 Å². The third-order valence-corrected chi connectivity index (χ3v) is 8.80. The van der Waals surface area contributed by atoms with Gasteiger partial charge in [-0.15, -0.1) is 0 Å². The molecule has 3 aliphatic rings. The van der Waals surface area contributed by atoms with Gasteiger partial charge in [0.25, 0.3) is 11.8 Å². The second kappa shape index (κ2) is 11.1. The summed E-state index contributed by atoms with van der Waals surface area (Å²) in [7, 11) is 0. The van der Waals surface area contributed by atoms with Crippen molar-refractivity contribution in [3.63, 3.8) is 0 Å². The number of alkyl halides is 2. The molecule has 2 amide bonds. The van der Waals surface area contributed by atoms with Crippen LogP contribution in [-0.2, 0) is 28.4 Å². The van der Waals surface area contributed by atoms with Crippen molar-refractivity contribution in [1.29, 1.82) is 0 Å². The Balaban J connectivity index is 1.43. The van der Waals surface area contributed by atoms with Crippen molar-refractivity contribution in [2.75, 3.05) is 25.4 Å². The van der Waals surface area contributed by atoms with Crippen LogP contribution in [0.15, 0.2) is 43.0 Å². The van der Waals surface area contributed by atoms with Crippen LogP contribution in [0, 0.1) is 0 Å². The molecule has 1 aromatic carbocycles. The van der Waals surface area contributed by atoms with Gasteiger partial charge in [-0.25, -0.2) is 9.67 Å². The van der Waals surface area contributed by atoms with E-state index in [1.165, 1.54) is 25.5 Å². The van der Waals surface area contributed by atoms with Crippen molar-refractivity contribution in [2.24, 2.45) is 0 Å². The summed E-state index contributed by atoms with van der Waals surface area (Å²) in [4.78, 5) is 45.9. The Morgan fingerprint density at radius 2 is 1.91 bits per heavy atom. The highest BCUT2D eigenvalue weighted by Crippen LogP contribution is 2.42. The van der Waals surface area contributed by atoms with Crippen LogP contribution in [0.2, 0.25) is 0 Å². The number of hydrogen-bond acceptors (Lipinski definition) is 7. The molecule has 0 unspecified atom stereocenters. The number of nitrogens with two attached hydrogens (primary N) is 1. The fourth-order valence-corrected chi connectivity index (χ4v) is 6.36. The zero-order chi connectivity index (χ0) is 31.3. The lowest BCUT2D eigenvalue weighted by molar-refractivity contribution is -0.132. The number of aromatic nitrogens is 3. The number of carbonyl (C=O) groups excluding carboxylic acids is 3. The summed E-state index contributed by atoms with van der Waals surface area (Å²) < 4.78 is 35.2. The molecule has 0 radical (unpaired) electrons. The van der Waals surface area contributed by atoms with E-state index in [0.717, 1.165) is 35.7 Å². The molecule has 1 saturated carbocycles. The first-order chi connectivity index (χ1) is 21.0. The number of amides is 2. The monoisotopic (exact) mass is 604 g/mol. The van der Waals surface area contributed by atoms with Gasteiger partial charge in [-0.1, -0.05) is 19.1 Å². The third-order valence-electron chi connectivity index (χ3n) is 8.80. The molecule has 1 aliphatic carbocycles. The number of carbonyl (C=O) groups is 3. The number of benzene rings is 1. The van der Waals surface area contributed by atoms with Gasteiger partial charge in [0.2, 0.25) is 5.91 Å².